The Kier molecular flexibility index (Phi) is 2.73. The molecule has 1 saturated heterocycles. The predicted molar refractivity (Wildman–Crippen MR) is 68.8 cm³/mol. The van der Waals surface area contributed by atoms with Crippen LogP contribution in [0.4, 0.5) is 10.1 Å². The van der Waals surface area contributed by atoms with E-state index in [1.165, 1.54) is 29.2 Å². The van der Waals surface area contributed by atoms with Crippen LogP contribution in [0.1, 0.15) is 13.3 Å². The third kappa shape index (κ3) is 1.79. The number of allylic oxidation sites excluding steroid dienone is 2. The van der Waals surface area contributed by atoms with Gasteiger partial charge in [-0.25, -0.2) is 4.39 Å². The van der Waals surface area contributed by atoms with Crippen molar-refractivity contribution in [2.24, 2.45) is 17.8 Å². The maximum absolute atomic E-state index is 12.9. The quantitative estimate of drug-likeness (QED) is 0.574. The predicted octanol–water partition coefficient (Wildman–Crippen LogP) is 2.53. The Labute approximate surface area is 110 Å². The monoisotopic (exact) mass is 259 g/mol. The van der Waals surface area contributed by atoms with Crippen molar-refractivity contribution in [1.29, 1.82) is 0 Å². The van der Waals surface area contributed by atoms with Crippen molar-refractivity contribution in [3.63, 3.8) is 0 Å². The highest BCUT2D eigenvalue weighted by atomic mass is 19.1. The number of hydrogen-bond acceptors (Lipinski definition) is 2. The molecule has 0 N–H and O–H groups in total. The summed E-state index contributed by atoms with van der Waals surface area (Å²) in [6, 6.07) is 5.47. The zero-order valence-corrected chi connectivity index (χ0v) is 10.5. The van der Waals surface area contributed by atoms with E-state index in [0.717, 1.165) is 0 Å². The normalized spacial score (nSPS) is 29.8. The van der Waals surface area contributed by atoms with E-state index in [1.807, 2.05) is 19.1 Å². The van der Waals surface area contributed by atoms with E-state index in [-0.39, 0.29) is 35.4 Å². The Hall–Kier alpha value is -1.97. The van der Waals surface area contributed by atoms with Gasteiger partial charge in [0.25, 0.3) is 0 Å². The number of fused-ring (bicyclic) bond motifs is 1. The van der Waals surface area contributed by atoms with E-state index in [1.54, 1.807) is 0 Å². The minimum absolute atomic E-state index is 0.0700. The van der Waals surface area contributed by atoms with Crippen LogP contribution < -0.4 is 4.90 Å². The minimum atomic E-state index is -0.379. The van der Waals surface area contributed by atoms with Crippen molar-refractivity contribution in [2.75, 3.05) is 4.90 Å². The first-order chi connectivity index (χ1) is 9.09. The highest BCUT2D eigenvalue weighted by Crippen LogP contribution is 2.40. The van der Waals surface area contributed by atoms with Crippen molar-refractivity contribution in [3.8, 4) is 0 Å². The van der Waals surface area contributed by atoms with Gasteiger partial charge in [0.05, 0.1) is 17.5 Å². The van der Waals surface area contributed by atoms with Crippen LogP contribution in [-0.4, -0.2) is 11.8 Å². The third-order valence-electron chi connectivity index (χ3n) is 3.96. The van der Waals surface area contributed by atoms with Crippen LogP contribution in [0.25, 0.3) is 0 Å². The highest BCUT2D eigenvalue weighted by molar-refractivity contribution is 6.22. The molecule has 1 aliphatic heterocycles. The molecule has 1 heterocycles. The molecule has 0 saturated carbocycles. The Morgan fingerprint density at radius 1 is 1.16 bits per heavy atom. The van der Waals surface area contributed by atoms with E-state index < -0.39 is 0 Å². The Balaban J connectivity index is 1.98. The first-order valence-corrected chi connectivity index (χ1v) is 6.39. The van der Waals surface area contributed by atoms with Gasteiger partial charge >= 0.3 is 0 Å². The summed E-state index contributed by atoms with van der Waals surface area (Å²) in [4.78, 5) is 26.0. The molecule has 3 unspecified atom stereocenters. The van der Waals surface area contributed by atoms with E-state index in [2.05, 4.69) is 0 Å². The van der Waals surface area contributed by atoms with Gasteiger partial charge in [-0.05, 0) is 36.6 Å². The molecule has 1 fully saturated rings. The largest absolute Gasteiger partial charge is 0.274 e. The first-order valence-electron chi connectivity index (χ1n) is 6.39. The molecule has 1 aliphatic carbocycles. The molecule has 1 aromatic rings. The lowest BCUT2D eigenvalue weighted by atomic mass is 9.78. The number of nitrogens with zero attached hydrogens (tertiary/aromatic N) is 1. The third-order valence-corrected chi connectivity index (χ3v) is 3.96. The Bertz CT molecular complexity index is 564. The molecule has 1 aromatic carbocycles. The molecule has 0 aromatic heterocycles. The fraction of sp³-hybridized carbons (Fsp3) is 0.333. The zero-order chi connectivity index (χ0) is 13.6. The zero-order valence-electron chi connectivity index (χ0n) is 10.5. The van der Waals surface area contributed by atoms with E-state index in [9.17, 15) is 14.0 Å². The lowest BCUT2D eigenvalue weighted by Gasteiger charge is -2.22. The number of halogens is 1. The molecule has 2 aliphatic rings. The summed E-state index contributed by atoms with van der Waals surface area (Å²) in [7, 11) is 0. The molecule has 4 heteroatoms. The lowest BCUT2D eigenvalue weighted by molar-refractivity contribution is -0.122. The molecule has 0 radical (unpaired) electrons. The Morgan fingerprint density at radius 2 is 1.84 bits per heavy atom. The average Bonchev–Trinajstić information content (AvgIpc) is 2.65. The minimum Gasteiger partial charge on any atom is -0.274 e. The van der Waals surface area contributed by atoms with Crippen LogP contribution in [0.15, 0.2) is 36.4 Å². The second-order valence-electron chi connectivity index (χ2n) is 5.14. The topological polar surface area (TPSA) is 37.4 Å². The fourth-order valence-corrected chi connectivity index (χ4v) is 2.99. The fourth-order valence-electron chi connectivity index (χ4n) is 2.99. The van der Waals surface area contributed by atoms with Crippen molar-refractivity contribution in [3.05, 3.63) is 42.2 Å². The second-order valence-corrected chi connectivity index (χ2v) is 5.14. The summed E-state index contributed by atoms with van der Waals surface area (Å²) in [6.07, 6.45) is 4.56. The van der Waals surface area contributed by atoms with Gasteiger partial charge in [-0.3, -0.25) is 14.5 Å². The van der Waals surface area contributed by atoms with Crippen molar-refractivity contribution in [1.82, 2.24) is 0 Å². The summed E-state index contributed by atoms with van der Waals surface area (Å²) in [5.74, 6) is -1.19. The molecule has 0 spiro atoms. The van der Waals surface area contributed by atoms with Gasteiger partial charge in [0.2, 0.25) is 11.8 Å². The SMILES string of the molecule is CC1C=CCC2C(=O)N(c3ccc(F)cc3)C(=O)C12. The molecule has 0 bridgehead atoms. The smallest absolute Gasteiger partial charge is 0.238 e. The summed E-state index contributed by atoms with van der Waals surface area (Å²) in [5.41, 5.74) is 0.456. The molecular formula is C15H14FNO2. The summed E-state index contributed by atoms with van der Waals surface area (Å²) in [5, 5.41) is 0. The van der Waals surface area contributed by atoms with Gasteiger partial charge in [-0.1, -0.05) is 19.1 Å². The highest BCUT2D eigenvalue weighted by Gasteiger charge is 2.50. The summed E-state index contributed by atoms with van der Waals surface area (Å²) >= 11 is 0. The van der Waals surface area contributed by atoms with Crippen LogP contribution in [0.5, 0.6) is 0 Å². The first kappa shape index (κ1) is 12.1. The van der Waals surface area contributed by atoms with Gasteiger partial charge in [0.15, 0.2) is 0 Å². The maximum atomic E-state index is 12.9. The van der Waals surface area contributed by atoms with E-state index in [4.69, 9.17) is 0 Å². The van der Waals surface area contributed by atoms with Crippen molar-refractivity contribution in [2.45, 2.75) is 13.3 Å². The van der Waals surface area contributed by atoms with Crippen LogP contribution in [0, 0.1) is 23.6 Å². The standard InChI is InChI=1S/C15H14FNO2/c1-9-3-2-4-12-13(9)15(19)17(14(12)18)11-7-5-10(16)6-8-11/h2-3,5-9,12-13H,4H2,1H3. The molecular weight excluding hydrogens is 245 g/mol. The van der Waals surface area contributed by atoms with Crippen molar-refractivity contribution < 1.29 is 14.0 Å². The number of hydrogen-bond donors (Lipinski definition) is 0. The van der Waals surface area contributed by atoms with E-state index in [0.29, 0.717) is 12.1 Å². The Morgan fingerprint density at radius 3 is 2.47 bits per heavy atom. The van der Waals surface area contributed by atoms with Gasteiger partial charge in [-0.2, -0.15) is 0 Å². The lowest BCUT2D eigenvalue weighted by Crippen LogP contribution is -2.31. The van der Waals surface area contributed by atoms with Gasteiger partial charge in [-0.15, -0.1) is 0 Å². The van der Waals surface area contributed by atoms with Crippen LogP contribution in [0.3, 0.4) is 0 Å². The molecule has 98 valence electrons. The number of imide groups is 1. The van der Waals surface area contributed by atoms with Gasteiger partial charge in [0, 0.05) is 0 Å². The number of rotatable bonds is 1. The number of anilines is 1. The summed E-state index contributed by atoms with van der Waals surface area (Å²) in [6.45, 7) is 1.95. The number of amides is 2. The van der Waals surface area contributed by atoms with E-state index >= 15 is 0 Å². The molecule has 2 amide bonds. The molecule has 3 nitrogen and oxygen atoms in total. The molecule has 3 atom stereocenters. The van der Waals surface area contributed by atoms with Crippen LogP contribution in [0.2, 0.25) is 0 Å². The van der Waals surface area contributed by atoms with Crippen LogP contribution >= 0.6 is 0 Å². The number of carbonyl (C=O) groups excluding carboxylic acids is 2. The summed E-state index contributed by atoms with van der Waals surface area (Å²) < 4.78 is 12.9. The molecule has 3 rings (SSSR count). The van der Waals surface area contributed by atoms with Crippen LogP contribution in [-0.2, 0) is 9.59 Å². The molecule has 19 heavy (non-hydrogen) atoms. The average molecular weight is 259 g/mol. The van der Waals surface area contributed by atoms with Gasteiger partial charge in [0.1, 0.15) is 5.82 Å². The maximum Gasteiger partial charge on any atom is 0.238 e. The number of benzene rings is 1. The van der Waals surface area contributed by atoms with Gasteiger partial charge < -0.3 is 0 Å². The second kappa shape index (κ2) is 4.30. The van der Waals surface area contributed by atoms with Crippen molar-refractivity contribution >= 4 is 17.5 Å². The number of carbonyl (C=O) groups is 2.